The van der Waals surface area contributed by atoms with Crippen molar-refractivity contribution in [3.63, 3.8) is 0 Å². The number of nitrogens with zero attached hydrogens (tertiary/aromatic N) is 3. The Bertz CT molecular complexity index is 1030. The Morgan fingerprint density at radius 1 is 1.28 bits per heavy atom. The summed E-state index contributed by atoms with van der Waals surface area (Å²) in [5.74, 6) is -0.667. The van der Waals surface area contributed by atoms with Crippen molar-refractivity contribution in [2.45, 2.75) is 38.8 Å². The predicted molar refractivity (Wildman–Crippen MR) is 112 cm³/mol. The number of anilines is 1. The SMILES string of the molecule is C[C@@H](OC(=O)Cc1csc(-c2cccnc2)n1)C(=O)N1c2ccccc2C[C@@H]1C. The average molecular weight is 407 g/mol. The first-order valence-corrected chi connectivity index (χ1v) is 10.4. The van der Waals surface area contributed by atoms with Gasteiger partial charge in [-0.2, -0.15) is 0 Å². The van der Waals surface area contributed by atoms with Gasteiger partial charge in [0.1, 0.15) is 5.01 Å². The molecule has 0 N–H and O–H groups in total. The molecule has 2 atom stereocenters. The van der Waals surface area contributed by atoms with Gasteiger partial charge in [-0.1, -0.05) is 18.2 Å². The lowest BCUT2D eigenvalue weighted by Crippen LogP contribution is -2.43. The van der Waals surface area contributed by atoms with E-state index in [1.807, 2.05) is 48.7 Å². The van der Waals surface area contributed by atoms with E-state index >= 15 is 0 Å². The highest BCUT2D eigenvalue weighted by molar-refractivity contribution is 7.13. The van der Waals surface area contributed by atoms with E-state index in [0.717, 1.165) is 28.2 Å². The lowest BCUT2D eigenvalue weighted by Gasteiger charge is -2.25. The maximum Gasteiger partial charge on any atom is 0.312 e. The largest absolute Gasteiger partial charge is 0.452 e. The molecular formula is C22H21N3O3S. The number of carbonyl (C=O) groups excluding carboxylic acids is 2. The van der Waals surface area contributed by atoms with Crippen LogP contribution in [0.2, 0.25) is 0 Å². The topological polar surface area (TPSA) is 72.4 Å². The Hall–Kier alpha value is -3.06. The highest BCUT2D eigenvalue weighted by Gasteiger charge is 2.34. The first-order valence-electron chi connectivity index (χ1n) is 9.48. The normalized spacial score (nSPS) is 16.3. The van der Waals surface area contributed by atoms with Gasteiger partial charge in [-0.05, 0) is 44.0 Å². The van der Waals surface area contributed by atoms with Crippen LogP contribution < -0.4 is 4.90 Å². The quantitative estimate of drug-likeness (QED) is 0.604. The summed E-state index contributed by atoms with van der Waals surface area (Å²) in [4.78, 5) is 35.6. The van der Waals surface area contributed by atoms with Crippen molar-refractivity contribution in [2.24, 2.45) is 0 Å². The highest BCUT2D eigenvalue weighted by atomic mass is 32.1. The minimum Gasteiger partial charge on any atom is -0.452 e. The van der Waals surface area contributed by atoms with Crippen molar-refractivity contribution in [1.82, 2.24) is 9.97 Å². The minimum atomic E-state index is -0.854. The Balaban J connectivity index is 1.39. The van der Waals surface area contributed by atoms with E-state index in [-0.39, 0.29) is 18.4 Å². The molecule has 3 heterocycles. The van der Waals surface area contributed by atoms with E-state index in [4.69, 9.17) is 4.74 Å². The van der Waals surface area contributed by atoms with Gasteiger partial charge in [-0.3, -0.25) is 14.6 Å². The third-order valence-corrected chi connectivity index (χ3v) is 5.83. The number of hydrogen-bond acceptors (Lipinski definition) is 6. The lowest BCUT2D eigenvalue weighted by atomic mass is 10.1. The number of hydrogen-bond donors (Lipinski definition) is 0. The second-order valence-corrected chi connectivity index (χ2v) is 7.94. The Labute approximate surface area is 173 Å². The Morgan fingerprint density at radius 2 is 2.10 bits per heavy atom. The number of amides is 1. The molecule has 1 aromatic carbocycles. The number of aromatic nitrogens is 2. The molecule has 0 aliphatic carbocycles. The van der Waals surface area contributed by atoms with Crippen molar-refractivity contribution in [3.05, 3.63) is 65.4 Å². The molecule has 6 nitrogen and oxygen atoms in total. The summed E-state index contributed by atoms with van der Waals surface area (Å²) in [7, 11) is 0. The predicted octanol–water partition coefficient (Wildman–Crippen LogP) is 3.66. The first-order chi connectivity index (χ1) is 14.0. The fourth-order valence-corrected chi connectivity index (χ4v) is 4.35. The zero-order valence-corrected chi connectivity index (χ0v) is 17.1. The standard InChI is InChI=1S/C22H21N3O3S/c1-14-10-16-6-3-4-8-19(16)25(14)22(27)15(2)28-20(26)11-18-13-29-21(24-18)17-7-5-9-23-12-17/h3-9,12-15H,10-11H2,1-2H3/t14-,15+/m0/s1. The molecule has 0 spiro atoms. The third kappa shape index (κ3) is 4.05. The van der Waals surface area contributed by atoms with Crippen molar-refractivity contribution < 1.29 is 14.3 Å². The van der Waals surface area contributed by atoms with Gasteiger partial charge in [0.05, 0.1) is 12.1 Å². The van der Waals surface area contributed by atoms with Crippen LogP contribution in [-0.4, -0.2) is 34.0 Å². The number of pyridine rings is 1. The summed E-state index contributed by atoms with van der Waals surface area (Å²) >= 11 is 1.45. The summed E-state index contributed by atoms with van der Waals surface area (Å²) in [5.41, 5.74) is 3.56. The summed E-state index contributed by atoms with van der Waals surface area (Å²) in [6.07, 6.45) is 3.41. The number of fused-ring (bicyclic) bond motifs is 1. The van der Waals surface area contributed by atoms with Gasteiger partial charge in [-0.15, -0.1) is 11.3 Å². The molecule has 1 aliphatic heterocycles. The van der Waals surface area contributed by atoms with Crippen LogP contribution in [0.5, 0.6) is 0 Å². The molecule has 4 rings (SSSR count). The molecule has 0 saturated heterocycles. The monoisotopic (exact) mass is 407 g/mol. The third-order valence-electron chi connectivity index (χ3n) is 4.89. The molecular weight excluding hydrogens is 386 g/mol. The lowest BCUT2D eigenvalue weighted by molar-refractivity contribution is -0.153. The van der Waals surface area contributed by atoms with E-state index in [2.05, 4.69) is 9.97 Å². The van der Waals surface area contributed by atoms with Crippen LogP contribution in [0.25, 0.3) is 10.6 Å². The maximum atomic E-state index is 12.9. The minimum absolute atomic E-state index is 0.0283. The van der Waals surface area contributed by atoms with Crippen LogP contribution in [0.1, 0.15) is 25.1 Å². The molecule has 2 aromatic heterocycles. The molecule has 1 amide bonds. The van der Waals surface area contributed by atoms with Crippen LogP contribution in [0.4, 0.5) is 5.69 Å². The molecule has 29 heavy (non-hydrogen) atoms. The second-order valence-electron chi connectivity index (χ2n) is 7.08. The number of ether oxygens (including phenoxy) is 1. The first kappa shape index (κ1) is 19.3. The van der Waals surface area contributed by atoms with Gasteiger partial charge in [0.25, 0.3) is 5.91 Å². The van der Waals surface area contributed by atoms with E-state index in [1.165, 1.54) is 11.3 Å². The summed E-state index contributed by atoms with van der Waals surface area (Å²) in [5, 5.41) is 2.63. The van der Waals surface area contributed by atoms with Gasteiger partial charge < -0.3 is 9.64 Å². The molecule has 148 valence electrons. The number of carbonyl (C=O) groups is 2. The number of rotatable bonds is 5. The van der Waals surface area contributed by atoms with Crippen LogP contribution >= 0.6 is 11.3 Å². The highest BCUT2D eigenvalue weighted by Crippen LogP contribution is 2.32. The molecule has 3 aromatic rings. The molecule has 1 aliphatic rings. The molecule has 0 unspecified atom stereocenters. The van der Waals surface area contributed by atoms with E-state index in [0.29, 0.717) is 5.69 Å². The number of para-hydroxylation sites is 1. The number of esters is 1. The maximum absolute atomic E-state index is 12.9. The van der Waals surface area contributed by atoms with Gasteiger partial charge >= 0.3 is 5.97 Å². The molecule has 0 saturated carbocycles. The average Bonchev–Trinajstić information content (AvgIpc) is 3.31. The fraction of sp³-hybridized carbons (Fsp3) is 0.273. The Morgan fingerprint density at radius 3 is 2.90 bits per heavy atom. The van der Waals surface area contributed by atoms with Crippen molar-refractivity contribution in [1.29, 1.82) is 0 Å². The summed E-state index contributed by atoms with van der Waals surface area (Å²) in [6.45, 7) is 3.62. The smallest absolute Gasteiger partial charge is 0.312 e. The zero-order valence-electron chi connectivity index (χ0n) is 16.2. The number of thiazole rings is 1. The molecule has 0 radical (unpaired) electrons. The van der Waals surface area contributed by atoms with Gasteiger partial charge in [0, 0.05) is 35.1 Å². The number of benzene rings is 1. The van der Waals surface area contributed by atoms with Gasteiger partial charge in [0.15, 0.2) is 6.10 Å². The van der Waals surface area contributed by atoms with E-state index < -0.39 is 12.1 Å². The summed E-state index contributed by atoms with van der Waals surface area (Å²) < 4.78 is 5.43. The fourth-order valence-electron chi connectivity index (χ4n) is 3.54. The van der Waals surface area contributed by atoms with Gasteiger partial charge in [0.2, 0.25) is 0 Å². The van der Waals surface area contributed by atoms with Crippen molar-refractivity contribution in [3.8, 4) is 10.6 Å². The van der Waals surface area contributed by atoms with Crippen LogP contribution in [0, 0.1) is 0 Å². The van der Waals surface area contributed by atoms with Crippen molar-refractivity contribution >= 4 is 28.9 Å². The molecule has 0 fully saturated rings. The van der Waals surface area contributed by atoms with E-state index in [9.17, 15) is 9.59 Å². The zero-order chi connectivity index (χ0) is 20.4. The second kappa shape index (κ2) is 8.13. The van der Waals surface area contributed by atoms with E-state index in [1.54, 1.807) is 24.2 Å². The van der Waals surface area contributed by atoms with Crippen LogP contribution in [-0.2, 0) is 27.2 Å². The molecule has 0 bridgehead atoms. The van der Waals surface area contributed by atoms with Crippen molar-refractivity contribution in [2.75, 3.05) is 4.90 Å². The molecule has 7 heteroatoms. The van der Waals surface area contributed by atoms with Crippen LogP contribution in [0.3, 0.4) is 0 Å². The Kier molecular flexibility index (Phi) is 5.40. The van der Waals surface area contributed by atoms with Crippen LogP contribution in [0.15, 0.2) is 54.2 Å². The van der Waals surface area contributed by atoms with Gasteiger partial charge in [-0.25, -0.2) is 4.98 Å². The summed E-state index contributed by atoms with van der Waals surface area (Å²) in [6, 6.07) is 11.6.